The Morgan fingerprint density at radius 2 is 1.61 bits per heavy atom. The maximum Gasteiger partial charge on any atom is 0.306 e. The standard InChI is InChI=1S/C33H52O3/c1-6-7-8-9-10-11-12-13-14-15-16-17-18-19-20-24-32(35)36-31-27-28(2)22-21-23-29(3)30(34)25-26-33(31,4)5/h10-11,13-14,23,25-27,31H,6-9,12,15-22,24H2,1-5H3/b11-10-,14-13-,26-25+,28-27+,29-23+. The number of ether oxygens (including phenoxy) is 1. The molecule has 0 amide bonds. The van der Waals surface area contributed by atoms with E-state index in [1.807, 2.05) is 32.9 Å². The minimum Gasteiger partial charge on any atom is -0.457 e. The number of carbonyl (C=O) groups excluding carboxylic acids is 2. The van der Waals surface area contributed by atoms with Gasteiger partial charge < -0.3 is 4.74 Å². The summed E-state index contributed by atoms with van der Waals surface area (Å²) in [6, 6.07) is 0. The number of hydrogen-bond acceptors (Lipinski definition) is 3. The van der Waals surface area contributed by atoms with E-state index in [-0.39, 0.29) is 17.9 Å². The van der Waals surface area contributed by atoms with Gasteiger partial charge in [-0.3, -0.25) is 9.59 Å². The van der Waals surface area contributed by atoms with Crippen molar-refractivity contribution in [2.24, 2.45) is 5.41 Å². The fourth-order valence-electron chi connectivity index (χ4n) is 4.16. The molecular weight excluding hydrogens is 444 g/mol. The van der Waals surface area contributed by atoms with Gasteiger partial charge in [-0.25, -0.2) is 0 Å². The van der Waals surface area contributed by atoms with Crippen LogP contribution in [0.5, 0.6) is 0 Å². The Morgan fingerprint density at radius 1 is 0.972 bits per heavy atom. The van der Waals surface area contributed by atoms with Crippen molar-refractivity contribution in [1.82, 2.24) is 0 Å². The second-order valence-electron chi connectivity index (χ2n) is 10.8. The molecule has 0 radical (unpaired) electrons. The lowest BCUT2D eigenvalue weighted by Crippen LogP contribution is -2.31. The number of ketones is 1. The second kappa shape index (κ2) is 19.0. The highest BCUT2D eigenvalue weighted by atomic mass is 16.5. The van der Waals surface area contributed by atoms with Crippen LogP contribution in [-0.2, 0) is 14.3 Å². The Balaban J connectivity index is 2.31. The van der Waals surface area contributed by atoms with E-state index in [1.165, 1.54) is 44.1 Å². The molecule has 1 unspecified atom stereocenters. The van der Waals surface area contributed by atoms with E-state index >= 15 is 0 Å². The second-order valence-corrected chi connectivity index (χ2v) is 10.8. The molecule has 1 rings (SSSR count). The number of hydrogen-bond donors (Lipinski definition) is 0. The third-order valence-corrected chi connectivity index (χ3v) is 6.80. The highest BCUT2D eigenvalue weighted by Crippen LogP contribution is 2.29. The summed E-state index contributed by atoms with van der Waals surface area (Å²) in [5.74, 6) is -0.121. The van der Waals surface area contributed by atoms with Gasteiger partial charge in [0.2, 0.25) is 0 Å². The van der Waals surface area contributed by atoms with Crippen LogP contribution in [0.1, 0.15) is 125 Å². The van der Waals surface area contributed by atoms with Crippen LogP contribution in [0, 0.1) is 5.41 Å². The Labute approximate surface area is 221 Å². The van der Waals surface area contributed by atoms with Gasteiger partial charge in [0.1, 0.15) is 6.10 Å². The lowest BCUT2D eigenvalue weighted by Gasteiger charge is -2.29. The fraction of sp³-hybridized carbons (Fsp3) is 0.636. The van der Waals surface area contributed by atoms with Gasteiger partial charge >= 0.3 is 5.97 Å². The third-order valence-electron chi connectivity index (χ3n) is 6.80. The molecule has 3 heteroatoms. The lowest BCUT2D eigenvalue weighted by molar-refractivity contribution is -0.150. The molecule has 1 aliphatic carbocycles. The first-order valence-corrected chi connectivity index (χ1v) is 14.3. The molecule has 0 spiro atoms. The van der Waals surface area contributed by atoms with Gasteiger partial charge in [-0.2, -0.15) is 0 Å². The van der Waals surface area contributed by atoms with Gasteiger partial charge in [-0.1, -0.05) is 94.9 Å². The maximum atomic E-state index is 12.6. The van der Waals surface area contributed by atoms with Crippen LogP contribution in [0.2, 0.25) is 0 Å². The van der Waals surface area contributed by atoms with E-state index in [2.05, 4.69) is 44.2 Å². The number of esters is 1. The monoisotopic (exact) mass is 496 g/mol. The fourth-order valence-corrected chi connectivity index (χ4v) is 4.16. The molecule has 0 saturated carbocycles. The molecule has 0 aromatic rings. The van der Waals surface area contributed by atoms with E-state index in [9.17, 15) is 9.59 Å². The predicted molar refractivity (Wildman–Crippen MR) is 154 cm³/mol. The third kappa shape index (κ3) is 15.1. The highest BCUT2D eigenvalue weighted by molar-refractivity contribution is 6.03. The molecule has 0 aliphatic heterocycles. The quantitative estimate of drug-likeness (QED) is 0.129. The zero-order chi connectivity index (χ0) is 26.7. The largest absolute Gasteiger partial charge is 0.457 e. The van der Waals surface area contributed by atoms with Gasteiger partial charge in [-0.05, 0) is 82.9 Å². The smallest absolute Gasteiger partial charge is 0.306 e. The van der Waals surface area contributed by atoms with E-state index in [4.69, 9.17) is 4.74 Å². The van der Waals surface area contributed by atoms with Gasteiger partial charge in [0.25, 0.3) is 0 Å². The van der Waals surface area contributed by atoms with E-state index < -0.39 is 5.41 Å². The zero-order valence-corrected chi connectivity index (χ0v) is 23.8. The molecular formula is C33H52O3. The minimum absolute atomic E-state index is 0.0258. The molecule has 36 heavy (non-hydrogen) atoms. The molecule has 202 valence electrons. The summed E-state index contributed by atoms with van der Waals surface area (Å²) in [6.07, 6.45) is 31.3. The normalized spacial score (nSPS) is 22.6. The first-order chi connectivity index (χ1) is 17.3. The molecule has 0 fully saturated rings. The van der Waals surface area contributed by atoms with Crippen LogP contribution >= 0.6 is 0 Å². The van der Waals surface area contributed by atoms with Gasteiger partial charge in [-0.15, -0.1) is 0 Å². The van der Waals surface area contributed by atoms with Crippen LogP contribution in [0.25, 0.3) is 0 Å². The Bertz CT molecular complexity index is 792. The van der Waals surface area contributed by atoms with Gasteiger partial charge in [0, 0.05) is 11.8 Å². The molecule has 0 aromatic carbocycles. The van der Waals surface area contributed by atoms with Crippen molar-refractivity contribution in [3.63, 3.8) is 0 Å². The van der Waals surface area contributed by atoms with Crippen LogP contribution in [0.15, 0.2) is 59.8 Å². The average Bonchev–Trinajstić information content (AvgIpc) is 2.85. The topological polar surface area (TPSA) is 43.4 Å². The van der Waals surface area contributed by atoms with Crippen LogP contribution < -0.4 is 0 Å². The molecule has 0 aromatic heterocycles. The van der Waals surface area contributed by atoms with Crippen LogP contribution in [0.3, 0.4) is 0 Å². The average molecular weight is 497 g/mol. The van der Waals surface area contributed by atoms with E-state index in [0.717, 1.165) is 50.5 Å². The summed E-state index contributed by atoms with van der Waals surface area (Å²) in [5.41, 5.74) is 1.51. The summed E-state index contributed by atoms with van der Waals surface area (Å²) >= 11 is 0. The number of rotatable bonds is 15. The molecule has 0 saturated heterocycles. The number of unbranched alkanes of at least 4 members (excludes halogenated alkanes) is 8. The predicted octanol–water partition coefficient (Wildman–Crippen LogP) is 9.55. The molecule has 0 N–H and O–H groups in total. The van der Waals surface area contributed by atoms with Gasteiger partial charge in [0.05, 0.1) is 0 Å². The summed E-state index contributed by atoms with van der Waals surface area (Å²) in [4.78, 5) is 24.9. The van der Waals surface area contributed by atoms with Crippen LogP contribution in [0.4, 0.5) is 0 Å². The molecule has 3 nitrogen and oxygen atoms in total. The number of carbonyl (C=O) groups is 2. The highest BCUT2D eigenvalue weighted by Gasteiger charge is 2.29. The Kier molecular flexibility index (Phi) is 16.8. The van der Waals surface area contributed by atoms with Gasteiger partial charge in [0.15, 0.2) is 5.78 Å². The van der Waals surface area contributed by atoms with Crippen molar-refractivity contribution in [3.05, 3.63) is 59.8 Å². The van der Waals surface area contributed by atoms with Crippen molar-refractivity contribution >= 4 is 11.8 Å². The van der Waals surface area contributed by atoms with Crippen molar-refractivity contribution < 1.29 is 14.3 Å². The van der Waals surface area contributed by atoms with Crippen LogP contribution in [-0.4, -0.2) is 17.9 Å². The Hall–Kier alpha value is -2.16. The molecule has 1 atom stereocenters. The maximum absolute atomic E-state index is 12.6. The van der Waals surface area contributed by atoms with Crippen molar-refractivity contribution in [2.45, 2.75) is 131 Å². The first-order valence-electron chi connectivity index (χ1n) is 14.3. The van der Waals surface area contributed by atoms with Crippen molar-refractivity contribution in [1.29, 1.82) is 0 Å². The molecule has 1 aliphatic rings. The van der Waals surface area contributed by atoms with E-state index in [0.29, 0.717) is 6.42 Å². The molecule has 0 bridgehead atoms. The first kappa shape index (κ1) is 31.9. The molecule has 0 heterocycles. The van der Waals surface area contributed by atoms with Crippen molar-refractivity contribution in [3.8, 4) is 0 Å². The summed E-state index contributed by atoms with van der Waals surface area (Å²) in [6.45, 7) is 10.2. The summed E-state index contributed by atoms with van der Waals surface area (Å²) in [7, 11) is 0. The zero-order valence-electron chi connectivity index (χ0n) is 23.8. The van der Waals surface area contributed by atoms with E-state index in [1.54, 1.807) is 6.08 Å². The SMILES string of the molecule is CCCCC/C=C\C/C=C\CCCCCCCC(=O)OC1/C=C(\C)CC/C=C(\C)C(=O)/C=C/C1(C)C. The lowest BCUT2D eigenvalue weighted by atomic mass is 9.84. The minimum atomic E-state index is -0.449. The van der Waals surface area contributed by atoms with Crippen molar-refractivity contribution in [2.75, 3.05) is 0 Å². The summed E-state index contributed by atoms with van der Waals surface area (Å²) < 4.78 is 5.92. The Morgan fingerprint density at radius 3 is 2.31 bits per heavy atom. The number of allylic oxidation sites excluding steroid dienone is 8. The summed E-state index contributed by atoms with van der Waals surface area (Å²) in [5, 5.41) is 0.